The van der Waals surface area contributed by atoms with Crippen molar-refractivity contribution in [2.24, 2.45) is 0 Å². The lowest BCUT2D eigenvalue weighted by Crippen LogP contribution is -2.47. The van der Waals surface area contributed by atoms with E-state index in [2.05, 4.69) is 10.9 Å². The van der Waals surface area contributed by atoms with Crippen molar-refractivity contribution in [3.8, 4) is 11.5 Å². The monoisotopic (exact) mass is 350 g/mol. The van der Waals surface area contributed by atoms with E-state index in [1.165, 1.54) is 50.4 Å². The van der Waals surface area contributed by atoms with Crippen molar-refractivity contribution >= 4 is 11.8 Å². The molecular formula is C17H16F2N2O4. The predicted molar refractivity (Wildman–Crippen MR) is 85.1 cm³/mol. The Kier molecular flexibility index (Phi) is 5.89. The second-order valence-corrected chi connectivity index (χ2v) is 5.01. The van der Waals surface area contributed by atoms with Crippen LogP contribution < -0.4 is 20.3 Å². The summed E-state index contributed by atoms with van der Waals surface area (Å²) >= 11 is 0. The molecule has 1 atom stereocenters. The SMILES string of the molecule is COc1ccc(C(=O)NNC(=O)[C@@H](C)Oc2ccc(F)cc2)cc1F. The highest BCUT2D eigenvalue weighted by molar-refractivity contribution is 5.95. The normalized spacial score (nSPS) is 11.4. The van der Waals surface area contributed by atoms with Gasteiger partial charge in [-0.2, -0.15) is 0 Å². The molecule has 0 aliphatic rings. The van der Waals surface area contributed by atoms with Gasteiger partial charge >= 0.3 is 0 Å². The van der Waals surface area contributed by atoms with E-state index in [-0.39, 0.29) is 11.3 Å². The number of rotatable bonds is 5. The van der Waals surface area contributed by atoms with Gasteiger partial charge in [0, 0.05) is 5.56 Å². The molecule has 0 unspecified atom stereocenters. The van der Waals surface area contributed by atoms with Crippen LogP contribution in [0.4, 0.5) is 8.78 Å². The van der Waals surface area contributed by atoms with Crippen molar-refractivity contribution in [2.45, 2.75) is 13.0 Å². The molecule has 6 nitrogen and oxygen atoms in total. The third-order valence-corrected chi connectivity index (χ3v) is 3.21. The molecule has 8 heteroatoms. The molecule has 2 amide bonds. The molecule has 2 rings (SSSR count). The lowest BCUT2D eigenvalue weighted by molar-refractivity contribution is -0.128. The van der Waals surface area contributed by atoms with Gasteiger partial charge in [0.15, 0.2) is 17.7 Å². The van der Waals surface area contributed by atoms with Crippen molar-refractivity contribution in [1.29, 1.82) is 0 Å². The van der Waals surface area contributed by atoms with Crippen LogP contribution in [-0.2, 0) is 4.79 Å². The highest BCUT2D eigenvalue weighted by atomic mass is 19.1. The van der Waals surface area contributed by atoms with Gasteiger partial charge in [0.1, 0.15) is 11.6 Å². The molecule has 0 aliphatic carbocycles. The number of carbonyl (C=O) groups is 2. The highest BCUT2D eigenvalue weighted by Crippen LogP contribution is 2.17. The molecule has 0 fully saturated rings. The van der Waals surface area contributed by atoms with Crippen LogP contribution in [0, 0.1) is 11.6 Å². The molecule has 0 radical (unpaired) electrons. The molecule has 0 spiro atoms. The topological polar surface area (TPSA) is 76.7 Å². The molecule has 2 aromatic carbocycles. The Morgan fingerprint density at radius 3 is 2.32 bits per heavy atom. The van der Waals surface area contributed by atoms with Crippen molar-refractivity contribution in [1.82, 2.24) is 10.9 Å². The molecular weight excluding hydrogens is 334 g/mol. The lowest BCUT2D eigenvalue weighted by atomic mass is 10.2. The second-order valence-electron chi connectivity index (χ2n) is 5.01. The molecule has 132 valence electrons. The van der Waals surface area contributed by atoms with E-state index in [9.17, 15) is 18.4 Å². The summed E-state index contributed by atoms with van der Waals surface area (Å²) in [5.41, 5.74) is 4.33. The summed E-state index contributed by atoms with van der Waals surface area (Å²) in [4.78, 5) is 23.8. The van der Waals surface area contributed by atoms with Gasteiger partial charge < -0.3 is 9.47 Å². The van der Waals surface area contributed by atoms with Gasteiger partial charge in [-0.25, -0.2) is 8.78 Å². The number of carbonyl (C=O) groups excluding carboxylic acids is 2. The summed E-state index contributed by atoms with van der Waals surface area (Å²) in [7, 11) is 1.31. The molecule has 0 saturated heterocycles. The first-order chi connectivity index (χ1) is 11.9. The highest BCUT2D eigenvalue weighted by Gasteiger charge is 2.16. The minimum absolute atomic E-state index is 0.00176. The first-order valence-corrected chi connectivity index (χ1v) is 7.26. The minimum atomic E-state index is -0.946. The number of amides is 2. The van der Waals surface area contributed by atoms with Gasteiger partial charge in [0.25, 0.3) is 11.8 Å². The van der Waals surface area contributed by atoms with Crippen molar-refractivity contribution < 1.29 is 27.8 Å². The Morgan fingerprint density at radius 1 is 1.04 bits per heavy atom. The standard InChI is InChI=1S/C17H16F2N2O4/c1-10(25-13-6-4-12(18)5-7-13)16(22)20-21-17(23)11-3-8-15(24-2)14(19)9-11/h3-10H,1-2H3,(H,20,22)(H,21,23)/t10-/m1/s1. The Labute approximate surface area is 142 Å². The van der Waals surface area contributed by atoms with E-state index < -0.39 is 29.6 Å². The summed E-state index contributed by atoms with van der Waals surface area (Å²) in [6.07, 6.45) is -0.946. The van der Waals surface area contributed by atoms with Gasteiger partial charge in [0.2, 0.25) is 0 Å². The zero-order valence-corrected chi connectivity index (χ0v) is 13.5. The zero-order chi connectivity index (χ0) is 18.4. The summed E-state index contributed by atoms with van der Waals surface area (Å²) in [5, 5.41) is 0. The maximum absolute atomic E-state index is 13.6. The second kappa shape index (κ2) is 8.09. The van der Waals surface area contributed by atoms with Crippen molar-refractivity contribution in [3.63, 3.8) is 0 Å². The molecule has 0 bridgehead atoms. The maximum Gasteiger partial charge on any atom is 0.279 e. The number of halogens is 2. The third-order valence-electron chi connectivity index (χ3n) is 3.21. The molecule has 0 saturated carbocycles. The van der Waals surface area contributed by atoms with Crippen molar-refractivity contribution in [3.05, 3.63) is 59.7 Å². The Bertz CT molecular complexity index is 766. The first-order valence-electron chi connectivity index (χ1n) is 7.26. The number of hydrazine groups is 1. The fourth-order valence-electron chi connectivity index (χ4n) is 1.87. The fourth-order valence-corrected chi connectivity index (χ4v) is 1.87. The van der Waals surface area contributed by atoms with Crippen LogP contribution in [0.25, 0.3) is 0 Å². The molecule has 2 aromatic rings. The number of benzene rings is 2. The van der Waals surface area contributed by atoms with E-state index in [0.717, 1.165) is 6.07 Å². The molecule has 0 aliphatic heterocycles. The third kappa shape index (κ3) is 4.90. The van der Waals surface area contributed by atoms with Crippen LogP contribution in [0.5, 0.6) is 11.5 Å². The van der Waals surface area contributed by atoms with E-state index >= 15 is 0 Å². The van der Waals surface area contributed by atoms with Crippen LogP contribution in [0.1, 0.15) is 17.3 Å². The summed E-state index contributed by atoms with van der Waals surface area (Å²) in [6, 6.07) is 8.77. The smallest absolute Gasteiger partial charge is 0.279 e. The molecule has 0 heterocycles. The summed E-state index contributed by atoms with van der Waals surface area (Å²) in [6.45, 7) is 1.46. The van der Waals surface area contributed by atoms with Crippen LogP contribution in [-0.4, -0.2) is 25.0 Å². The fraction of sp³-hybridized carbons (Fsp3) is 0.176. The van der Waals surface area contributed by atoms with Gasteiger partial charge in [-0.3, -0.25) is 20.4 Å². The minimum Gasteiger partial charge on any atom is -0.494 e. The van der Waals surface area contributed by atoms with Gasteiger partial charge in [-0.05, 0) is 49.4 Å². The number of nitrogens with one attached hydrogen (secondary N) is 2. The quantitative estimate of drug-likeness (QED) is 0.811. The summed E-state index contributed by atoms with van der Waals surface area (Å²) < 4.78 is 36.5. The number of ether oxygens (including phenoxy) is 2. The number of hydrogen-bond donors (Lipinski definition) is 2. The Hall–Kier alpha value is -3.16. The van der Waals surface area contributed by atoms with E-state index in [1.54, 1.807) is 0 Å². The average Bonchev–Trinajstić information content (AvgIpc) is 2.61. The molecule has 25 heavy (non-hydrogen) atoms. The van der Waals surface area contributed by atoms with Gasteiger partial charge in [0.05, 0.1) is 7.11 Å². The Morgan fingerprint density at radius 2 is 1.72 bits per heavy atom. The van der Waals surface area contributed by atoms with Crippen LogP contribution in [0.2, 0.25) is 0 Å². The average molecular weight is 350 g/mol. The first kappa shape index (κ1) is 18.2. The zero-order valence-electron chi connectivity index (χ0n) is 13.5. The van der Waals surface area contributed by atoms with Crippen LogP contribution in [0.3, 0.4) is 0 Å². The predicted octanol–water partition coefficient (Wildman–Crippen LogP) is 2.20. The largest absolute Gasteiger partial charge is 0.494 e. The van der Waals surface area contributed by atoms with Crippen LogP contribution in [0.15, 0.2) is 42.5 Å². The number of methoxy groups -OCH3 is 1. The van der Waals surface area contributed by atoms with Gasteiger partial charge in [-0.15, -0.1) is 0 Å². The van der Waals surface area contributed by atoms with Crippen LogP contribution >= 0.6 is 0 Å². The maximum atomic E-state index is 13.6. The summed E-state index contributed by atoms with van der Waals surface area (Å²) in [5.74, 6) is -2.16. The molecule has 2 N–H and O–H groups in total. The Balaban J connectivity index is 1.89. The van der Waals surface area contributed by atoms with E-state index in [4.69, 9.17) is 9.47 Å². The molecule has 0 aromatic heterocycles. The van der Waals surface area contributed by atoms with Gasteiger partial charge in [-0.1, -0.05) is 0 Å². The lowest BCUT2D eigenvalue weighted by Gasteiger charge is -2.15. The van der Waals surface area contributed by atoms with E-state index in [1.807, 2.05) is 0 Å². The van der Waals surface area contributed by atoms with Crippen molar-refractivity contribution in [2.75, 3.05) is 7.11 Å². The number of hydrogen-bond acceptors (Lipinski definition) is 4. The van der Waals surface area contributed by atoms with E-state index in [0.29, 0.717) is 5.75 Å².